The van der Waals surface area contributed by atoms with E-state index in [2.05, 4.69) is 16.0 Å². The first kappa shape index (κ1) is 20.0. The highest BCUT2D eigenvalue weighted by Gasteiger charge is 2.18. The normalized spacial score (nSPS) is 12.5. The third-order valence-electron chi connectivity index (χ3n) is 3.09. The largest absolute Gasteiger partial charge is 0.508 e. The van der Waals surface area contributed by atoms with Crippen LogP contribution in [0.4, 0.5) is 4.79 Å². The summed E-state index contributed by atoms with van der Waals surface area (Å²) in [5.74, 6) is 0.722. The van der Waals surface area contributed by atoms with E-state index in [1.165, 1.54) is 12.1 Å². The second-order valence-corrected chi connectivity index (χ2v) is 6.09. The number of ether oxygens (including phenoxy) is 1. The predicted octanol–water partition coefficient (Wildman–Crippen LogP) is -0.208. The Bertz CT molecular complexity index is 493. The molecule has 2 amide bonds. The van der Waals surface area contributed by atoms with Crippen LogP contribution in [-0.4, -0.2) is 65.8 Å². The molecule has 0 saturated heterocycles. The minimum atomic E-state index is -0.694. The van der Waals surface area contributed by atoms with Crippen LogP contribution >= 0.6 is 0 Å². The summed E-state index contributed by atoms with van der Waals surface area (Å²) in [5, 5.41) is 36.3. The molecule has 1 atom stereocenters. The molecular formula is C16H27N3O5. The fourth-order valence-corrected chi connectivity index (χ4v) is 1.72. The zero-order valence-corrected chi connectivity index (χ0v) is 14.1. The van der Waals surface area contributed by atoms with Gasteiger partial charge in [0.2, 0.25) is 0 Å². The van der Waals surface area contributed by atoms with E-state index in [1.807, 2.05) is 0 Å². The van der Waals surface area contributed by atoms with Gasteiger partial charge in [0.25, 0.3) is 0 Å². The number of hydrogen-bond acceptors (Lipinski definition) is 6. The Morgan fingerprint density at radius 3 is 2.54 bits per heavy atom. The van der Waals surface area contributed by atoms with Crippen LogP contribution < -0.4 is 20.7 Å². The van der Waals surface area contributed by atoms with Crippen molar-refractivity contribution in [2.45, 2.75) is 25.5 Å². The smallest absolute Gasteiger partial charge is 0.315 e. The third-order valence-corrected chi connectivity index (χ3v) is 3.09. The summed E-state index contributed by atoms with van der Waals surface area (Å²) < 4.78 is 5.38. The van der Waals surface area contributed by atoms with Gasteiger partial charge in [-0.3, -0.25) is 0 Å². The second kappa shape index (κ2) is 9.96. The molecule has 0 bridgehead atoms. The van der Waals surface area contributed by atoms with Crippen LogP contribution in [-0.2, 0) is 0 Å². The number of nitrogens with one attached hydrogen (secondary N) is 3. The summed E-state index contributed by atoms with van der Waals surface area (Å²) in [7, 11) is 0. The van der Waals surface area contributed by atoms with Crippen molar-refractivity contribution in [1.82, 2.24) is 16.0 Å². The minimum absolute atomic E-state index is 0.121. The first-order chi connectivity index (χ1) is 11.3. The van der Waals surface area contributed by atoms with E-state index in [9.17, 15) is 9.90 Å². The zero-order valence-electron chi connectivity index (χ0n) is 14.1. The van der Waals surface area contributed by atoms with Crippen LogP contribution in [0.1, 0.15) is 13.8 Å². The molecule has 0 aliphatic heterocycles. The van der Waals surface area contributed by atoms with E-state index in [0.29, 0.717) is 25.4 Å². The van der Waals surface area contributed by atoms with Crippen LogP contribution in [0.3, 0.4) is 0 Å². The average Bonchev–Trinajstić information content (AvgIpc) is 2.53. The number of amides is 2. The fraction of sp³-hybridized carbons (Fsp3) is 0.562. The predicted molar refractivity (Wildman–Crippen MR) is 90.2 cm³/mol. The molecule has 1 aromatic rings. The molecule has 0 heterocycles. The molecule has 8 heteroatoms. The number of carbonyl (C=O) groups is 1. The molecule has 8 nitrogen and oxygen atoms in total. The van der Waals surface area contributed by atoms with E-state index in [0.717, 1.165) is 0 Å². The van der Waals surface area contributed by atoms with E-state index in [-0.39, 0.29) is 25.0 Å². The first-order valence-electron chi connectivity index (χ1n) is 7.80. The number of hydrogen-bond donors (Lipinski definition) is 6. The summed E-state index contributed by atoms with van der Waals surface area (Å²) in [4.78, 5) is 11.5. The van der Waals surface area contributed by atoms with Gasteiger partial charge in [-0.2, -0.15) is 0 Å². The van der Waals surface area contributed by atoms with Crippen LogP contribution in [0.2, 0.25) is 0 Å². The number of aliphatic hydroxyl groups excluding tert-OH is 2. The summed E-state index contributed by atoms with van der Waals surface area (Å²) in [6.07, 6.45) is -0.694. The standard InChI is InChI=1S/C16H27N3O5/c1-16(2,11-20)19-15(23)18-8-7-17-9-13(22)10-24-14-5-3-12(21)4-6-14/h3-6,13,17,20-22H,7-11H2,1-2H3,(H2,18,19,23). The lowest BCUT2D eigenvalue weighted by atomic mass is 10.1. The van der Waals surface area contributed by atoms with Gasteiger partial charge in [0.05, 0.1) is 12.1 Å². The maximum absolute atomic E-state index is 11.5. The molecule has 0 aliphatic carbocycles. The average molecular weight is 341 g/mol. The van der Waals surface area contributed by atoms with Gasteiger partial charge in [0.1, 0.15) is 24.2 Å². The van der Waals surface area contributed by atoms with Gasteiger partial charge in [0, 0.05) is 19.6 Å². The maximum atomic E-state index is 11.5. The highest BCUT2D eigenvalue weighted by Crippen LogP contribution is 2.15. The van der Waals surface area contributed by atoms with Gasteiger partial charge in [-0.1, -0.05) is 0 Å². The van der Waals surface area contributed by atoms with Crippen molar-refractivity contribution in [1.29, 1.82) is 0 Å². The van der Waals surface area contributed by atoms with Gasteiger partial charge < -0.3 is 36.0 Å². The molecule has 0 radical (unpaired) electrons. The lowest BCUT2D eigenvalue weighted by molar-refractivity contribution is 0.106. The molecule has 0 spiro atoms. The Kier molecular flexibility index (Phi) is 8.31. The van der Waals surface area contributed by atoms with Crippen molar-refractivity contribution in [3.05, 3.63) is 24.3 Å². The van der Waals surface area contributed by atoms with Crippen molar-refractivity contribution < 1.29 is 24.9 Å². The van der Waals surface area contributed by atoms with Crippen molar-refractivity contribution in [2.24, 2.45) is 0 Å². The van der Waals surface area contributed by atoms with Crippen molar-refractivity contribution >= 4 is 6.03 Å². The zero-order chi connectivity index (χ0) is 18.0. The van der Waals surface area contributed by atoms with E-state index >= 15 is 0 Å². The Balaban J connectivity index is 2.08. The molecule has 0 saturated carbocycles. The van der Waals surface area contributed by atoms with Gasteiger partial charge in [-0.25, -0.2) is 4.79 Å². The Labute approximate surface area is 141 Å². The monoisotopic (exact) mass is 341 g/mol. The van der Waals surface area contributed by atoms with E-state index in [4.69, 9.17) is 14.9 Å². The molecule has 136 valence electrons. The van der Waals surface area contributed by atoms with Gasteiger partial charge in [-0.15, -0.1) is 0 Å². The van der Waals surface area contributed by atoms with Crippen LogP contribution in [0.15, 0.2) is 24.3 Å². The van der Waals surface area contributed by atoms with Crippen molar-refractivity contribution in [3.8, 4) is 11.5 Å². The summed E-state index contributed by atoms with van der Waals surface area (Å²) in [6, 6.07) is 5.90. The number of urea groups is 1. The SMILES string of the molecule is CC(C)(CO)NC(=O)NCCNCC(O)COc1ccc(O)cc1. The molecule has 24 heavy (non-hydrogen) atoms. The lowest BCUT2D eigenvalue weighted by Gasteiger charge is -2.23. The van der Waals surface area contributed by atoms with Crippen molar-refractivity contribution in [2.75, 3.05) is 32.8 Å². The molecule has 1 aromatic carbocycles. The van der Waals surface area contributed by atoms with E-state index in [1.54, 1.807) is 26.0 Å². The molecule has 0 fully saturated rings. The number of phenols is 1. The number of aromatic hydroxyl groups is 1. The Morgan fingerprint density at radius 1 is 1.25 bits per heavy atom. The molecular weight excluding hydrogens is 314 g/mol. The van der Waals surface area contributed by atoms with Crippen molar-refractivity contribution in [3.63, 3.8) is 0 Å². The van der Waals surface area contributed by atoms with Gasteiger partial charge >= 0.3 is 6.03 Å². The Hall–Kier alpha value is -2.03. The fourth-order valence-electron chi connectivity index (χ4n) is 1.72. The Morgan fingerprint density at radius 2 is 1.92 bits per heavy atom. The molecule has 1 unspecified atom stereocenters. The molecule has 6 N–H and O–H groups in total. The maximum Gasteiger partial charge on any atom is 0.315 e. The summed E-state index contributed by atoms with van der Waals surface area (Å²) >= 11 is 0. The number of phenolic OH excluding ortho intramolecular Hbond substituents is 1. The summed E-state index contributed by atoms with van der Waals surface area (Å²) in [5.41, 5.74) is -0.667. The lowest BCUT2D eigenvalue weighted by Crippen LogP contribution is -2.51. The minimum Gasteiger partial charge on any atom is -0.508 e. The first-order valence-corrected chi connectivity index (χ1v) is 7.80. The highest BCUT2D eigenvalue weighted by atomic mass is 16.5. The molecule has 0 aromatic heterocycles. The third kappa shape index (κ3) is 8.56. The van der Waals surface area contributed by atoms with Crippen LogP contribution in [0.25, 0.3) is 0 Å². The van der Waals surface area contributed by atoms with Gasteiger partial charge in [-0.05, 0) is 38.1 Å². The number of benzene rings is 1. The quantitative estimate of drug-likeness (QED) is 0.327. The topological polar surface area (TPSA) is 123 Å². The summed E-state index contributed by atoms with van der Waals surface area (Å²) in [6.45, 7) is 4.61. The molecule has 1 rings (SSSR count). The number of carbonyl (C=O) groups excluding carboxylic acids is 1. The number of rotatable bonds is 10. The van der Waals surface area contributed by atoms with Gasteiger partial charge in [0.15, 0.2) is 0 Å². The second-order valence-electron chi connectivity index (χ2n) is 6.09. The number of aliphatic hydroxyl groups is 2. The van der Waals surface area contributed by atoms with E-state index < -0.39 is 11.6 Å². The van der Waals surface area contributed by atoms with Crippen LogP contribution in [0.5, 0.6) is 11.5 Å². The molecule has 0 aliphatic rings. The highest BCUT2D eigenvalue weighted by molar-refractivity contribution is 5.74. The van der Waals surface area contributed by atoms with Crippen LogP contribution in [0, 0.1) is 0 Å².